The Morgan fingerprint density at radius 2 is 1.66 bits per heavy atom. The molecule has 3 heterocycles. The summed E-state index contributed by atoms with van der Waals surface area (Å²) in [6.07, 6.45) is 6.24. The quantitative estimate of drug-likeness (QED) is 0.116. The molecule has 6 fully saturated rings. The van der Waals surface area contributed by atoms with Crippen molar-refractivity contribution in [1.29, 1.82) is 0 Å². The summed E-state index contributed by atoms with van der Waals surface area (Å²) >= 11 is 0. The average Bonchev–Trinajstić information content (AvgIpc) is 3.70. The molecule has 16 heteroatoms. The second-order valence-corrected chi connectivity index (χ2v) is 13.7. The van der Waals surface area contributed by atoms with Crippen molar-refractivity contribution in [3.05, 3.63) is 22.2 Å². The van der Waals surface area contributed by atoms with Crippen LogP contribution in [0.25, 0.3) is 11.0 Å². The van der Waals surface area contributed by atoms with E-state index in [1.165, 1.54) is 12.5 Å². The summed E-state index contributed by atoms with van der Waals surface area (Å²) in [4.78, 5) is 51.3. The first kappa shape index (κ1) is 32.1. The van der Waals surface area contributed by atoms with Crippen LogP contribution in [0.1, 0.15) is 57.8 Å². The predicted octanol–water partition coefficient (Wildman–Crippen LogP) is 2.50. The first-order chi connectivity index (χ1) is 22.8. The van der Waals surface area contributed by atoms with E-state index in [9.17, 15) is 19.7 Å². The summed E-state index contributed by atoms with van der Waals surface area (Å²) in [6, 6.07) is 2.90. The molecule has 4 aliphatic carbocycles. The van der Waals surface area contributed by atoms with Gasteiger partial charge in [0.15, 0.2) is 5.52 Å². The SMILES string of the molecule is O=C(CCC1(CC(=O)NCCCNc2ccc([N+](=O)[O-])c3nonc23)OOC2(O1)C1CC3CC(C1)CC2C3)NCCN1CCOCC1. The zero-order chi connectivity index (χ0) is 32.4. The van der Waals surface area contributed by atoms with Crippen LogP contribution in [-0.2, 0) is 28.8 Å². The van der Waals surface area contributed by atoms with Crippen LogP contribution in [0.15, 0.2) is 16.8 Å². The number of fused-ring (bicyclic) bond motifs is 1. The van der Waals surface area contributed by atoms with Gasteiger partial charge in [-0.2, -0.15) is 9.78 Å². The Labute approximate surface area is 271 Å². The Kier molecular flexibility index (Phi) is 9.29. The van der Waals surface area contributed by atoms with E-state index in [0.717, 1.165) is 45.3 Å². The molecule has 2 aliphatic heterocycles. The third-order valence-electron chi connectivity index (χ3n) is 10.5. The third-order valence-corrected chi connectivity index (χ3v) is 10.5. The highest BCUT2D eigenvalue weighted by molar-refractivity contribution is 5.93. The van der Waals surface area contributed by atoms with Gasteiger partial charge in [0, 0.05) is 70.0 Å². The number of nitrogens with one attached hydrogen (secondary N) is 3. The van der Waals surface area contributed by atoms with Crippen LogP contribution in [-0.4, -0.2) is 96.0 Å². The number of nitro groups is 1. The largest absolute Gasteiger partial charge is 0.383 e. The molecule has 3 N–H and O–H groups in total. The van der Waals surface area contributed by atoms with Gasteiger partial charge >= 0.3 is 5.69 Å². The Hall–Kier alpha value is -3.44. The average molecular weight is 658 g/mol. The number of benzene rings is 1. The van der Waals surface area contributed by atoms with E-state index in [-0.39, 0.29) is 59.6 Å². The molecule has 4 saturated carbocycles. The summed E-state index contributed by atoms with van der Waals surface area (Å²) in [5.74, 6) is -0.763. The number of morpholine rings is 1. The Bertz CT molecular complexity index is 1440. The zero-order valence-corrected chi connectivity index (χ0v) is 26.4. The molecular formula is C31H43N7O9. The second kappa shape index (κ2) is 13.6. The lowest BCUT2D eigenvalue weighted by molar-refractivity contribution is -0.388. The van der Waals surface area contributed by atoms with Gasteiger partial charge in [-0.05, 0) is 66.7 Å². The van der Waals surface area contributed by atoms with Crippen LogP contribution in [0.3, 0.4) is 0 Å². The van der Waals surface area contributed by atoms with E-state index >= 15 is 0 Å². The van der Waals surface area contributed by atoms with E-state index in [1.54, 1.807) is 6.07 Å². The van der Waals surface area contributed by atoms with Crippen molar-refractivity contribution in [2.24, 2.45) is 23.7 Å². The zero-order valence-electron chi connectivity index (χ0n) is 26.4. The van der Waals surface area contributed by atoms with E-state index < -0.39 is 16.5 Å². The van der Waals surface area contributed by atoms with Gasteiger partial charge in [0.25, 0.3) is 0 Å². The second-order valence-electron chi connectivity index (χ2n) is 13.7. The van der Waals surface area contributed by atoms with E-state index in [4.69, 9.17) is 23.9 Å². The summed E-state index contributed by atoms with van der Waals surface area (Å²) in [5, 5.41) is 27.8. The maximum absolute atomic E-state index is 13.3. The smallest absolute Gasteiger partial charge is 0.300 e. The minimum Gasteiger partial charge on any atom is -0.383 e. The number of aromatic nitrogens is 2. The van der Waals surface area contributed by atoms with Crippen molar-refractivity contribution < 1.29 is 38.4 Å². The maximum atomic E-state index is 13.3. The first-order valence-electron chi connectivity index (χ1n) is 16.9. The number of rotatable bonds is 14. The number of nitro benzene ring substituents is 1. The van der Waals surface area contributed by atoms with Crippen molar-refractivity contribution >= 4 is 34.2 Å². The molecular weight excluding hydrogens is 614 g/mol. The fourth-order valence-corrected chi connectivity index (χ4v) is 8.42. The number of carbonyl (C=O) groups is 2. The first-order valence-corrected chi connectivity index (χ1v) is 16.9. The molecule has 16 nitrogen and oxygen atoms in total. The summed E-state index contributed by atoms with van der Waals surface area (Å²) in [6.45, 7) is 5.24. The minimum atomic E-state index is -1.36. The van der Waals surface area contributed by atoms with Gasteiger partial charge in [0.2, 0.25) is 28.9 Å². The van der Waals surface area contributed by atoms with Crippen LogP contribution in [0.5, 0.6) is 0 Å². The predicted molar refractivity (Wildman–Crippen MR) is 164 cm³/mol. The molecule has 8 rings (SSSR count). The highest BCUT2D eigenvalue weighted by atomic mass is 17.3. The third kappa shape index (κ3) is 6.79. The number of ether oxygens (including phenoxy) is 2. The molecule has 2 amide bonds. The molecule has 1 unspecified atom stereocenters. The molecule has 6 aliphatic rings. The molecule has 2 aromatic rings. The van der Waals surface area contributed by atoms with E-state index in [0.29, 0.717) is 56.8 Å². The molecule has 2 saturated heterocycles. The van der Waals surface area contributed by atoms with Gasteiger partial charge in [-0.25, -0.2) is 4.63 Å². The molecule has 1 atom stereocenters. The standard InChI is InChI=1S/C31H43N7O9/c39-26(34-8-9-37-10-12-43-13-11-37)4-5-30(44-31(46-45-30)22-15-20-14-21(17-22)18-23(31)16-20)19-27(40)33-7-1-6-32-24-2-3-25(38(41)42)29-28(24)35-47-36-29/h2-3,20-23,32H,1,4-19H2,(H,33,40)(H,34,39). The molecule has 1 aromatic carbocycles. The number of non-ortho nitro benzene ring substituents is 1. The summed E-state index contributed by atoms with van der Waals surface area (Å²) < 4.78 is 16.9. The lowest BCUT2D eigenvalue weighted by atomic mass is 9.53. The number of carbonyl (C=O) groups excluding carboxylic acids is 2. The molecule has 1 aromatic heterocycles. The normalized spacial score (nSPS) is 31.4. The minimum absolute atomic E-state index is 0.0695. The van der Waals surface area contributed by atoms with Crippen LogP contribution < -0.4 is 16.0 Å². The van der Waals surface area contributed by atoms with Crippen molar-refractivity contribution in [3.8, 4) is 0 Å². The fourth-order valence-electron chi connectivity index (χ4n) is 8.42. The van der Waals surface area contributed by atoms with Crippen LogP contribution in [0, 0.1) is 33.8 Å². The Balaban J connectivity index is 0.930. The lowest BCUT2D eigenvalue weighted by Crippen LogP contribution is -2.59. The Morgan fingerprint density at radius 1 is 0.936 bits per heavy atom. The number of hydrogen-bond acceptors (Lipinski definition) is 13. The van der Waals surface area contributed by atoms with Gasteiger partial charge in [-0.1, -0.05) is 0 Å². The van der Waals surface area contributed by atoms with Gasteiger partial charge in [-0.3, -0.25) is 24.6 Å². The van der Waals surface area contributed by atoms with E-state index in [1.807, 2.05) is 0 Å². The van der Waals surface area contributed by atoms with Crippen LogP contribution in [0.2, 0.25) is 0 Å². The monoisotopic (exact) mass is 657 g/mol. The van der Waals surface area contributed by atoms with Gasteiger partial charge in [0.1, 0.15) is 0 Å². The topological polar surface area (TPSA) is 192 Å². The summed E-state index contributed by atoms with van der Waals surface area (Å²) in [7, 11) is 0. The highest BCUT2D eigenvalue weighted by Crippen LogP contribution is 2.63. The summed E-state index contributed by atoms with van der Waals surface area (Å²) in [5.41, 5.74) is 0.699. The molecule has 47 heavy (non-hydrogen) atoms. The number of hydrogen-bond donors (Lipinski definition) is 3. The van der Waals surface area contributed by atoms with Gasteiger partial charge in [-0.15, -0.1) is 0 Å². The van der Waals surface area contributed by atoms with Crippen LogP contribution >= 0.6 is 0 Å². The molecule has 256 valence electrons. The Morgan fingerprint density at radius 3 is 2.40 bits per heavy atom. The van der Waals surface area contributed by atoms with Gasteiger partial charge in [0.05, 0.1) is 30.2 Å². The number of amides is 2. The van der Waals surface area contributed by atoms with Crippen molar-refractivity contribution in [2.75, 3.05) is 57.8 Å². The molecule has 4 bridgehead atoms. The lowest BCUT2D eigenvalue weighted by Gasteiger charge is -2.57. The van der Waals surface area contributed by atoms with Crippen LogP contribution in [0.4, 0.5) is 11.4 Å². The maximum Gasteiger partial charge on any atom is 0.300 e. The number of anilines is 1. The fraction of sp³-hybridized carbons (Fsp3) is 0.742. The van der Waals surface area contributed by atoms with Crippen molar-refractivity contribution in [2.45, 2.75) is 69.4 Å². The molecule has 0 radical (unpaired) electrons. The van der Waals surface area contributed by atoms with Gasteiger partial charge < -0.3 is 25.4 Å². The molecule has 1 spiro atoms. The van der Waals surface area contributed by atoms with E-state index in [2.05, 4.69) is 31.2 Å². The highest BCUT2D eigenvalue weighted by Gasteiger charge is 2.66. The van der Waals surface area contributed by atoms with Crippen molar-refractivity contribution in [3.63, 3.8) is 0 Å². The van der Waals surface area contributed by atoms with Crippen molar-refractivity contribution in [1.82, 2.24) is 25.8 Å². The number of nitrogens with zero attached hydrogens (tertiary/aromatic N) is 4.